The second kappa shape index (κ2) is 4.14. The molecule has 2 rings (SSSR count). The van der Waals surface area contributed by atoms with Gasteiger partial charge < -0.3 is 9.64 Å². The number of methoxy groups -OCH3 is 1. The van der Waals surface area contributed by atoms with Crippen molar-refractivity contribution in [2.24, 2.45) is 0 Å². The van der Waals surface area contributed by atoms with Crippen LogP contribution in [0.25, 0.3) is 0 Å². The first-order chi connectivity index (χ1) is 7.22. The zero-order valence-corrected chi connectivity index (χ0v) is 9.58. The molecule has 3 nitrogen and oxygen atoms in total. The van der Waals surface area contributed by atoms with Crippen molar-refractivity contribution in [2.45, 2.75) is 5.37 Å². The van der Waals surface area contributed by atoms with Gasteiger partial charge in [0, 0.05) is 7.05 Å². The molecule has 0 N–H and O–H groups in total. The maximum atomic E-state index is 11.4. The van der Waals surface area contributed by atoms with E-state index in [1.54, 1.807) is 23.8 Å². The average molecular weight is 223 g/mol. The maximum Gasteiger partial charge on any atom is 0.233 e. The molecular weight excluding hydrogens is 210 g/mol. The van der Waals surface area contributed by atoms with Crippen molar-refractivity contribution in [3.8, 4) is 5.75 Å². The molecule has 0 aliphatic carbocycles. The molecule has 1 saturated heterocycles. The predicted octanol–water partition coefficient (Wildman–Crippen LogP) is 1.90. The molecule has 1 aliphatic heterocycles. The SMILES string of the molecule is COc1ccc([C@H]2SCC(=O)N2C)cc1. The first-order valence-corrected chi connectivity index (χ1v) is 5.78. The van der Waals surface area contributed by atoms with Gasteiger partial charge in [-0.25, -0.2) is 0 Å². The second-order valence-corrected chi connectivity index (χ2v) is 4.51. The van der Waals surface area contributed by atoms with Gasteiger partial charge in [-0.1, -0.05) is 12.1 Å². The third kappa shape index (κ3) is 1.95. The number of nitrogens with zero attached hydrogens (tertiary/aromatic N) is 1. The number of thioether (sulfide) groups is 1. The Balaban J connectivity index is 2.19. The molecule has 1 atom stereocenters. The molecule has 0 aromatic heterocycles. The molecule has 1 heterocycles. The minimum atomic E-state index is 0.156. The van der Waals surface area contributed by atoms with Gasteiger partial charge in [-0.2, -0.15) is 0 Å². The van der Waals surface area contributed by atoms with Gasteiger partial charge in [-0.05, 0) is 17.7 Å². The van der Waals surface area contributed by atoms with E-state index in [1.165, 1.54) is 0 Å². The highest BCUT2D eigenvalue weighted by Crippen LogP contribution is 2.37. The molecule has 1 aromatic carbocycles. The molecular formula is C11H13NO2S. The lowest BCUT2D eigenvalue weighted by molar-refractivity contribution is -0.126. The number of carbonyl (C=O) groups excluding carboxylic acids is 1. The third-order valence-corrected chi connectivity index (χ3v) is 3.83. The van der Waals surface area contributed by atoms with Crippen LogP contribution in [0.4, 0.5) is 0 Å². The summed E-state index contributed by atoms with van der Waals surface area (Å²) in [4.78, 5) is 13.1. The van der Waals surface area contributed by atoms with Crippen LogP contribution in [0.15, 0.2) is 24.3 Å². The van der Waals surface area contributed by atoms with Crippen molar-refractivity contribution >= 4 is 17.7 Å². The van der Waals surface area contributed by atoms with Gasteiger partial charge in [0.25, 0.3) is 0 Å². The molecule has 0 bridgehead atoms. The van der Waals surface area contributed by atoms with Crippen LogP contribution in [0.2, 0.25) is 0 Å². The van der Waals surface area contributed by atoms with Crippen molar-refractivity contribution in [1.29, 1.82) is 0 Å². The Morgan fingerprint density at radius 1 is 1.40 bits per heavy atom. The normalized spacial score (nSPS) is 20.8. The van der Waals surface area contributed by atoms with Gasteiger partial charge in [0.2, 0.25) is 5.91 Å². The van der Waals surface area contributed by atoms with E-state index in [2.05, 4.69) is 0 Å². The van der Waals surface area contributed by atoms with E-state index in [-0.39, 0.29) is 11.3 Å². The van der Waals surface area contributed by atoms with Crippen molar-refractivity contribution in [1.82, 2.24) is 4.90 Å². The summed E-state index contributed by atoms with van der Waals surface area (Å²) >= 11 is 1.66. The third-order valence-electron chi connectivity index (χ3n) is 2.51. The summed E-state index contributed by atoms with van der Waals surface area (Å²) < 4.78 is 5.09. The van der Waals surface area contributed by atoms with Crippen LogP contribution < -0.4 is 4.74 Å². The lowest BCUT2D eigenvalue weighted by Crippen LogP contribution is -2.22. The number of rotatable bonds is 2. The van der Waals surface area contributed by atoms with Gasteiger partial charge in [-0.3, -0.25) is 4.79 Å². The topological polar surface area (TPSA) is 29.5 Å². The monoisotopic (exact) mass is 223 g/mol. The highest BCUT2D eigenvalue weighted by atomic mass is 32.2. The Morgan fingerprint density at radius 2 is 2.07 bits per heavy atom. The van der Waals surface area contributed by atoms with Crippen LogP contribution >= 0.6 is 11.8 Å². The maximum absolute atomic E-state index is 11.4. The summed E-state index contributed by atoms with van der Waals surface area (Å²) in [5.74, 6) is 1.62. The first kappa shape index (κ1) is 10.4. The van der Waals surface area contributed by atoms with Crippen molar-refractivity contribution < 1.29 is 9.53 Å². The van der Waals surface area contributed by atoms with E-state index in [0.717, 1.165) is 11.3 Å². The summed E-state index contributed by atoms with van der Waals surface area (Å²) in [7, 11) is 3.49. The van der Waals surface area contributed by atoms with Crippen LogP contribution in [-0.4, -0.2) is 30.7 Å². The number of hydrogen-bond acceptors (Lipinski definition) is 3. The quantitative estimate of drug-likeness (QED) is 0.767. The van der Waals surface area contributed by atoms with Crippen LogP contribution in [0.1, 0.15) is 10.9 Å². The Kier molecular flexibility index (Phi) is 2.86. The first-order valence-electron chi connectivity index (χ1n) is 4.73. The highest BCUT2D eigenvalue weighted by Gasteiger charge is 2.29. The van der Waals surface area contributed by atoms with E-state index >= 15 is 0 Å². The lowest BCUT2D eigenvalue weighted by Gasteiger charge is -2.19. The predicted molar refractivity (Wildman–Crippen MR) is 61.0 cm³/mol. The zero-order valence-electron chi connectivity index (χ0n) is 8.77. The fourth-order valence-corrected chi connectivity index (χ4v) is 2.78. The summed E-state index contributed by atoms with van der Waals surface area (Å²) in [5, 5.41) is 0.156. The fraction of sp³-hybridized carbons (Fsp3) is 0.364. The van der Waals surface area contributed by atoms with E-state index in [0.29, 0.717) is 5.75 Å². The van der Waals surface area contributed by atoms with Crippen LogP contribution in [0, 0.1) is 0 Å². The Bertz CT molecular complexity index is 363. The van der Waals surface area contributed by atoms with Crippen molar-refractivity contribution in [3.05, 3.63) is 29.8 Å². The summed E-state index contributed by atoms with van der Waals surface area (Å²) in [6.45, 7) is 0. The largest absolute Gasteiger partial charge is 0.497 e. The average Bonchev–Trinajstić information content (AvgIpc) is 2.60. The molecule has 80 valence electrons. The summed E-state index contributed by atoms with van der Waals surface area (Å²) in [6, 6.07) is 7.86. The van der Waals surface area contributed by atoms with Gasteiger partial charge in [-0.15, -0.1) is 11.8 Å². The second-order valence-electron chi connectivity index (χ2n) is 3.44. The van der Waals surface area contributed by atoms with Crippen molar-refractivity contribution in [2.75, 3.05) is 19.9 Å². The zero-order chi connectivity index (χ0) is 10.8. The van der Waals surface area contributed by atoms with Crippen LogP contribution in [0.3, 0.4) is 0 Å². The molecule has 1 aromatic rings. The van der Waals surface area contributed by atoms with Gasteiger partial charge in [0.15, 0.2) is 0 Å². The Morgan fingerprint density at radius 3 is 2.53 bits per heavy atom. The van der Waals surface area contributed by atoms with E-state index < -0.39 is 0 Å². The number of benzene rings is 1. The molecule has 1 amide bonds. The lowest BCUT2D eigenvalue weighted by atomic mass is 10.2. The number of carbonyl (C=O) groups is 1. The highest BCUT2D eigenvalue weighted by molar-refractivity contribution is 8.00. The molecule has 0 unspecified atom stereocenters. The molecule has 0 radical (unpaired) electrons. The van der Waals surface area contributed by atoms with Crippen molar-refractivity contribution in [3.63, 3.8) is 0 Å². The number of ether oxygens (including phenoxy) is 1. The standard InChI is InChI=1S/C11H13NO2S/c1-12-10(13)7-15-11(12)8-3-5-9(14-2)6-4-8/h3-6,11H,7H2,1-2H3/t11-/m1/s1. The molecule has 0 spiro atoms. The Labute approximate surface area is 93.4 Å². The molecule has 1 aliphatic rings. The molecule has 4 heteroatoms. The van der Waals surface area contributed by atoms with E-state index in [4.69, 9.17) is 4.74 Å². The van der Waals surface area contributed by atoms with E-state index in [1.807, 2.05) is 31.3 Å². The fourth-order valence-electron chi connectivity index (χ4n) is 1.58. The molecule has 1 fully saturated rings. The van der Waals surface area contributed by atoms with E-state index in [9.17, 15) is 4.79 Å². The van der Waals surface area contributed by atoms with Gasteiger partial charge >= 0.3 is 0 Å². The number of amides is 1. The van der Waals surface area contributed by atoms with Gasteiger partial charge in [0.05, 0.1) is 12.9 Å². The summed E-state index contributed by atoms with van der Waals surface area (Å²) in [6.07, 6.45) is 0. The number of hydrogen-bond donors (Lipinski definition) is 0. The minimum Gasteiger partial charge on any atom is -0.497 e. The van der Waals surface area contributed by atoms with Crippen LogP contribution in [-0.2, 0) is 4.79 Å². The van der Waals surface area contributed by atoms with Crippen LogP contribution in [0.5, 0.6) is 5.75 Å². The van der Waals surface area contributed by atoms with Gasteiger partial charge in [0.1, 0.15) is 11.1 Å². The molecule has 0 saturated carbocycles. The minimum absolute atomic E-state index is 0.156. The Hall–Kier alpha value is -1.16. The molecule has 15 heavy (non-hydrogen) atoms. The smallest absolute Gasteiger partial charge is 0.233 e. The summed E-state index contributed by atoms with van der Waals surface area (Å²) in [5.41, 5.74) is 1.15.